The molecule has 6 rings (SSSR count). The van der Waals surface area contributed by atoms with Gasteiger partial charge in [-0.1, -0.05) is 74.0 Å². The highest BCUT2D eigenvalue weighted by Crippen LogP contribution is 2.38. The maximum absolute atomic E-state index is 14.4. The first kappa shape index (κ1) is 30.7. The lowest BCUT2D eigenvalue weighted by Gasteiger charge is -2.32. The molecule has 9 nitrogen and oxygen atoms in total. The minimum atomic E-state index is -3.43. The van der Waals surface area contributed by atoms with Crippen LogP contribution in [0.3, 0.4) is 0 Å². The van der Waals surface area contributed by atoms with Crippen molar-refractivity contribution in [2.75, 3.05) is 18.1 Å². The number of aromatic nitrogens is 2. The first-order valence-electron chi connectivity index (χ1n) is 15.2. The molecule has 46 heavy (non-hydrogen) atoms. The fourth-order valence-corrected chi connectivity index (χ4v) is 7.50. The summed E-state index contributed by atoms with van der Waals surface area (Å²) in [4.78, 5) is 29.1. The van der Waals surface area contributed by atoms with Crippen LogP contribution in [0.5, 0.6) is 5.75 Å². The van der Waals surface area contributed by atoms with Gasteiger partial charge < -0.3 is 4.74 Å². The van der Waals surface area contributed by atoms with Gasteiger partial charge in [0.15, 0.2) is 9.84 Å². The lowest BCUT2D eigenvalue weighted by molar-refractivity contribution is -0.142. The Morgan fingerprint density at radius 2 is 1.70 bits per heavy atom. The molecule has 1 unspecified atom stereocenters. The van der Waals surface area contributed by atoms with Gasteiger partial charge in [-0.05, 0) is 48.7 Å². The predicted octanol–water partition coefficient (Wildman–Crippen LogP) is 5.63. The third-order valence-electron chi connectivity index (χ3n) is 8.09. The molecule has 10 heteroatoms. The molecule has 2 aliphatic rings. The normalized spacial score (nSPS) is 18.7. The van der Waals surface area contributed by atoms with E-state index >= 15 is 0 Å². The Kier molecular flexibility index (Phi) is 8.68. The molecule has 0 N–H and O–H groups in total. The van der Waals surface area contributed by atoms with E-state index in [0.29, 0.717) is 29.2 Å². The zero-order chi connectivity index (χ0) is 32.3. The zero-order valence-electron chi connectivity index (χ0n) is 25.3. The summed E-state index contributed by atoms with van der Waals surface area (Å²) in [6.07, 6.45) is 5.48. The van der Waals surface area contributed by atoms with Crippen LogP contribution in [-0.4, -0.2) is 59.1 Å². The summed E-state index contributed by atoms with van der Waals surface area (Å²) in [5, 5.41) is 15.2. The number of sulfone groups is 1. The summed E-state index contributed by atoms with van der Waals surface area (Å²) in [5.41, 5.74) is 3.28. The molecule has 232 valence electrons. The molecule has 0 spiro atoms. The van der Waals surface area contributed by atoms with Crippen molar-refractivity contribution in [3.63, 3.8) is 0 Å². The molecular formula is C36H32N4O5S. The number of rotatable bonds is 9. The Morgan fingerprint density at radius 1 is 0.978 bits per heavy atom. The van der Waals surface area contributed by atoms with Gasteiger partial charge in [-0.15, -0.1) is 0 Å². The second kappa shape index (κ2) is 13.0. The van der Waals surface area contributed by atoms with E-state index in [-0.39, 0.29) is 34.6 Å². The molecule has 1 fully saturated rings. The molecule has 1 saturated heterocycles. The third kappa shape index (κ3) is 6.14. The topological polar surface area (TPSA) is 122 Å². The van der Waals surface area contributed by atoms with Crippen molar-refractivity contribution in [3.05, 3.63) is 113 Å². The molecule has 0 aliphatic carbocycles. The molecule has 3 aromatic carbocycles. The van der Waals surface area contributed by atoms with Crippen LogP contribution >= 0.6 is 0 Å². The fourth-order valence-electron chi connectivity index (χ4n) is 5.80. The van der Waals surface area contributed by atoms with E-state index in [2.05, 4.69) is 6.92 Å². The highest BCUT2D eigenvalue weighted by molar-refractivity contribution is 7.91. The number of unbranched alkanes of at least 4 members (excludes halogenated alkanes) is 1. The van der Waals surface area contributed by atoms with Gasteiger partial charge in [0, 0.05) is 22.9 Å². The van der Waals surface area contributed by atoms with Gasteiger partial charge in [-0.2, -0.15) is 10.4 Å². The third-order valence-corrected chi connectivity index (χ3v) is 9.84. The molecular weight excluding hydrogens is 600 g/mol. The van der Waals surface area contributed by atoms with Crippen LogP contribution in [0.25, 0.3) is 28.6 Å². The van der Waals surface area contributed by atoms with Gasteiger partial charge in [-0.25, -0.2) is 13.1 Å². The average Bonchev–Trinajstić information content (AvgIpc) is 3.66. The van der Waals surface area contributed by atoms with E-state index in [1.54, 1.807) is 47.3 Å². The zero-order valence-corrected chi connectivity index (χ0v) is 26.1. The number of hydrogen-bond acceptors (Lipinski definition) is 7. The van der Waals surface area contributed by atoms with Crippen LogP contribution in [0.4, 0.5) is 0 Å². The number of amides is 2. The summed E-state index contributed by atoms with van der Waals surface area (Å²) >= 11 is 0. The maximum atomic E-state index is 14.4. The van der Waals surface area contributed by atoms with E-state index in [1.165, 1.54) is 0 Å². The molecule has 0 saturated carbocycles. The van der Waals surface area contributed by atoms with Gasteiger partial charge in [0.05, 0.1) is 35.4 Å². The van der Waals surface area contributed by atoms with E-state index in [9.17, 15) is 23.3 Å². The molecule has 1 atom stereocenters. The largest absolute Gasteiger partial charge is 0.494 e. The van der Waals surface area contributed by atoms with Gasteiger partial charge in [0.1, 0.15) is 23.1 Å². The van der Waals surface area contributed by atoms with Gasteiger partial charge >= 0.3 is 0 Å². The van der Waals surface area contributed by atoms with Crippen molar-refractivity contribution in [1.29, 1.82) is 5.26 Å². The van der Waals surface area contributed by atoms with E-state index < -0.39 is 27.7 Å². The SMILES string of the molecule is CCCCOc1cccc(-c2nn(-c3ccccc3)cc2/C=C2\C(=O)N(C3CCS(=O)(=O)C3)C(=O)C(C#N)=C2c2ccccc2)c1. The smallest absolute Gasteiger partial charge is 0.272 e. The van der Waals surface area contributed by atoms with Crippen molar-refractivity contribution in [2.24, 2.45) is 0 Å². The maximum Gasteiger partial charge on any atom is 0.272 e. The summed E-state index contributed by atoms with van der Waals surface area (Å²) in [6, 6.07) is 27.1. The number of para-hydroxylation sites is 1. The van der Waals surface area contributed by atoms with E-state index in [4.69, 9.17) is 9.84 Å². The summed E-state index contributed by atoms with van der Waals surface area (Å²) in [5.74, 6) is -1.22. The average molecular weight is 633 g/mol. The number of carbonyl (C=O) groups is 2. The van der Waals surface area contributed by atoms with E-state index in [1.807, 2.05) is 60.7 Å². The van der Waals surface area contributed by atoms with Crippen molar-refractivity contribution in [3.8, 4) is 28.8 Å². The number of benzene rings is 3. The van der Waals surface area contributed by atoms with Crippen LogP contribution in [0.1, 0.15) is 37.3 Å². The van der Waals surface area contributed by atoms with Crippen LogP contribution in [0, 0.1) is 11.3 Å². The standard InChI is InChI=1S/C36H32N4O5S/c1-2-3-18-45-30-16-10-13-26(20-30)34-27(23-39(38-34)28-14-8-5-9-15-28)21-31-33(25-11-6-4-7-12-25)32(22-37)36(42)40(35(31)41)29-17-19-46(43,44)24-29/h4-16,20-21,23,29H,2-3,17-19,24H2,1H3/b31-21-. The number of nitrogens with zero attached hydrogens (tertiary/aromatic N) is 4. The number of ether oxygens (including phenoxy) is 1. The Hall–Kier alpha value is -5.27. The fraction of sp³-hybridized carbons (Fsp3) is 0.222. The first-order chi connectivity index (χ1) is 22.3. The first-order valence-corrected chi connectivity index (χ1v) is 17.0. The molecule has 0 radical (unpaired) electrons. The Labute approximate surface area is 268 Å². The predicted molar refractivity (Wildman–Crippen MR) is 175 cm³/mol. The van der Waals surface area contributed by atoms with Crippen molar-refractivity contribution in [1.82, 2.24) is 14.7 Å². The van der Waals surface area contributed by atoms with Crippen LogP contribution in [0.2, 0.25) is 0 Å². The van der Waals surface area contributed by atoms with Gasteiger partial charge in [-0.3, -0.25) is 14.5 Å². The molecule has 0 bridgehead atoms. The summed E-state index contributed by atoms with van der Waals surface area (Å²) in [6.45, 7) is 2.67. The molecule has 4 aromatic rings. The Morgan fingerprint density at radius 3 is 2.37 bits per heavy atom. The second-order valence-electron chi connectivity index (χ2n) is 11.3. The van der Waals surface area contributed by atoms with Gasteiger partial charge in [0.2, 0.25) is 0 Å². The number of nitriles is 1. The van der Waals surface area contributed by atoms with Crippen molar-refractivity contribution in [2.45, 2.75) is 32.2 Å². The van der Waals surface area contributed by atoms with E-state index in [0.717, 1.165) is 29.0 Å². The molecule has 3 heterocycles. The lowest BCUT2D eigenvalue weighted by atomic mass is 9.86. The van der Waals surface area contributed by atoms with Crippen LogP contribution in [0.15, 0.2) is 102 Å². The van der Waals surface area contributed by atoms with Crippen LogP contribution < -0.4 is 4.74 Å². The number of hydrogen-bond donors (Lipinski definition) is 0. The molecule has 1 aromatic heterocycles. The summed E-state index contributed by atoms with van der Waals surface area (Å²) in [7, 11) is -3.43. The Balaban J connectivity index is 1.56. The molecule has 2 amide bonds. The minimum absolute atomic E-state index is 0.107. The monoisotopic (exact) mass is 632 g/mol. The minimum Gasteiger partial charge on any atom is -0.494 e. The second-order valence-corrected chi connectivity index (χ2v) is 13.5. The summed E-state index contributed by atoms with van der Waals surface area (Å²) < 4.78 is 32.5. The van der Waals surface area contributed by atoms with Crippen LogP contribution in [-0.2, 0) is 19.4 Å². The molecule has 2 aliphatic heterocycles. The highest BCUT2D eigenvalue weighted by atomic mass is 32.2. The lowest BCUT2D eigenvalue weighted by Crippen LogP contribution is -2.49. The van der Waals surface area contributed by atoms with Crippen molar-refractivity contribution >= 4 is 33.3 Å². The van der Waals surface area contributed by atoms with Gasteiger partial charge in [0.25, 0.3) is 11.8 Å². The van der Waals surface area contributed by atoms with Crippen molar-refractivity contribution < 1.29 is 22.7 Å². The quantitative estimate of drug-likeness (QED) is 0.133. The highest BCUT2D eigenvalue weighted by Gasteiger charge is 2.45. The Bertz CT molecular complexity index is 2010. The number of imide groups is 1. The number of carbonyl (C=O) groups excluding carboxylic acids is 2.